The molecule has 1 saturated heterocycles. The maximum atomic E-state index is 12.1. The van der Waals surface area contributed by atoms with Gasteiger partial charge in [0.25, 0.3) is 15.9 Å². The van der Waals surface area contributed by atoms with Gasteiger partial charge in [-0.2, -0.15) is 0 Å². The Hall–Kier alpha value is -1.84. The zero-order chi connectivity index (χ0) is 15.1. The molecule has 6 heteroatoms. The van der Waals surface area contributed by atoms with Crippen molar-refractivity contribution in [1.82, 2.24) is 0 Å². The summed E-state index contributed by atoms with van der Waals surface area (Å²) in [6.45, 7) is 4.32. The van der Waals surface area contributed by atoms with Crippen LogP contribution in [0.4, 0.5) is 5.69 Å². The number of nitrogens with zero attached hydrogens (tertiary/aromatic N) is 1. The smallest absolute Gasteiger partial charge is 0.263 e. The summed E-state index contributed by atoms with van der Waals surface area (Å²) in [7, 11) is -3.67. The number of sulfonamides is 1. The maximum Gasteiger partial charge on any atom is 0.263 e. The minimum Gasteiger partial charge on any atom is -0.384 e. The van der Waals surface area contributed by atoms with Crippen LogP contribution >= 0.6 is 0 Å². The Labute approximate surface area is 118 Å². The predicted octanol–water partition coefficient (Wildman–Crippen LogP) is 0.794. The van der Waals surface area contributed by atoms with Gasteiger partial charge >= 0.3 is 0 Å². The van der Waals surface area contributed by atoms with Crippen LogP contribution < -0.4 is 4.31 Å². The summed E-state index contributed by atoms with van der Waals surface area (Å²) in [6, 6.07) is 4.82. The summed E-state index contributed by atoms with van der Waals surface area (Å²) in [5.74, 6) is 4.79. The summed E-state index contributed by atoms with van der Waals surface area (Å²) in [4.78, 5) is 12.0. The van der Waals surface area contributed by atoms with Crippen molar-refractivity contribution < 1.29 is 18.3 Å². The minimum absolute atomic E-state index is 0.280. The number of aryl methyl sites for hydroxylation is 1. The van der Waals surface area contributed by atoms with E-state index in [4.69, 9.17) is 5.11 Å². The molecule has 0 aliphatic carbocycles. The highest BCUT2D eigenvalue weighted by Crippen LogP contribution is 2.39. The third kappa shape index (κ3) is 1.90. The van der Waals surface area contributed by atoms with Gasteiger partial charge in [0.15, 0.2) is 4.75 Å². The summed E-state index contributed by atoms with van der Waals surface area (Å²) in [5, 5.41) is 8.71. The third-order valence-electron chi connectivity index (χ3n) is 3.34. The standard InChI is InChI=1S/C14H15NO4S/c1-10-6-7-12(9-11(10)5-4-8-16)15-13(17)14(2,3)20(15,18)19/h6-7,9,16H,8H2,1-3H3. The topological polar surface area (TPSA) is 74.7 Å². The number of anilines is 1. The molecule has 0 atom stereocenters. The van der Waals surface area contributed by atoms with Crippen LogP contribution in [0.1, 0.15) is 25.0 Å². The quantitative estimate of drug-likeness (QED) is 0.777. The van der Waals surface area contributed by atoms with Crippen LogP contribution in [-0.2, 0) is 14.8 Å². The van der Waals surface area contributed by atoms with Gasteiger partial charge in [-0.3, -0.25) is 4.79 Å². The first kappa shape index (κ1) is 14.6. The van der Waals surface area contributed by atoms with Crippen molar-refractivity contribution in [2.24, 2.45) is 0 Å². The molecule has 20 heavy (non-hydrogen) atoms. The molecule has 1 aromatic rings. The Balaban J connectivity index is 2.49. The first-order valence-corrected chi connectivity index (χ1v) is 7.47. The molecule has 0 unspecified atom stereocenters. The molecule has 0 saturated carbocycles. The number of rotatable bonds is 1. The SMILES string of the molecule is Cc1ccc(N2C(=O)C(C)(C)S2(=O)=O)cc1C#CCO. The van der Waals surface area contributed by atoms with Crippen LogP contribution in [0.2, 0.25) is 0 Å². The lowest BCUT2D eigenvalue weighted by Crippen LogP contribution is -2.67. The molecule has 1 aliphatic heterocycles. The first-order valence-electron chi connectivity index (χ1n) is 6.03. The second-order valence-electron chi connectivity index (χ2n) is 5.04. The number of aliphatic hydroxyl groups is 1. The lowest BCUT2D eigenvalue weighted by molar-refractivity contribution is -0.120. The number of amides is 1. The predicted molar refractivity (Wildman–Crippen MR) is 75.6 cm³/mol. The molecule has 0 aromatic heterocycles. The van der Waals surface area contributed by atoms with Crippen molar-refractivity contribution in [2.75, 3.05) is 10.9 Å². The molecule has 1 heterocycles. The average molecular weight is 293 g/mol. The van der Waals surface area contributed by atoms with Gasteiger partial charge in [0, 0.05) is 5.56 Å². The summed E-state index contributed by atoms with van der Waals surface area (Å²) >= 11 is 0. The monoisotopic (exact) mass is 293 g/mol. The van der Waals surface area contributed by atoms with Gasteiger partial charge in [-0.1, -0.05) is 17.9 Å². The van der Waals surface area contributed by atoms with Gasteiger partial charge in [-0.15, -0.1) is 0 Å². The molecule has 2 rings (SSSR count). The van der Waals surface area contributed by atoms with Gasteiger partial charge in [-0.25, -0.2) is 12.7 Å². The van der Waals surface area contributed by atoms with Crippen LogP contribution in [-0.4, -0.2) is 30.8 Å². The van der Waals surface area contributed by atoms with Gasteiger partial charge in [0.2, 0.25) is 0 Å². The summed E-state index contributed by atoms with van der Waals surface area (Å²) < 4.78 is 23.7. The lowest BCUT2D eigenvalue weighted by Gasteiger charge is -2.42. The number of aliphatic hydroxyl groups excluding tert-OH is 1. The summed E-state index contributed by atoms with van der Waals surface area (Å²) in [5.41, 5.74) is 1.71. The Morgan fingerprint density at radius 2 is 2.00 bits per heavy atom. The molecule has 1 fully saturated rings. The van der Waals surface area contributed by atoms with Crippen molar-refractivity contribution in [3.05, 3.63) is 29.3 Å². The van der Waals surface area contributed by atoms with E-state index in [2.05, 4.69) is 11.8 Å². The third-order valence-corrected chi connectivity index (χ3v) is 5.66. The van der Waals surface area contributed by atoms with Crippen LogP contribution in [0.25, 0.3) is 0 Å². The Morgan fingerprint density at radius 3 is 2.55 bits per heavy atom. The molecule has 0 radical (unpaired) electrons. The largest absolute Gasteiger partial charge is 0.384 e. The van der Waals surface area contributed by atoms with E-state index in [1.807, 2.05) is 6.92 Å². The Morgan fingerprint density at radius 1 is 1.35 bits per heavy atom. The second-order valence-corrected chi connectivity index (χ2v) is 7.38. The zero-order valence-corrected chi connectivity index (χ0v) is 12.3. The van der Waals surface area contributed by atoms with Crippen molar-refractivity contribution in [1.29, 1.82) is 0 Å². The normalized spacial score (nSPS) is 19.0. The molecule has 1 amide bonds. The fourth-order valence-electron chi connectivity index (χ4n) is 1.91. The van der Waals surface area contributed by atoms with Crippen LogP contribution in [0.5, 0.6) is 0 Å². The van der Waals surface area contributed by atoms with Gasteiger partial charge < -0.3 is 5.11 Å². The highest BCUT2D eigenvalue weighted by Gasteiger charge is 2.60. The second kappa shape index (κ2) is 4.62. The average Bonchev–Trinajstić information content (AvgIpc) is 2.38. The van der Waals surface area contributed by atoms with E-state index < -0.39 is 20.7 Å². The summed E-state index contributed by atoms with van der Waals surface area (Å²) in [6.07, 6.45) is 0. The number of carbonyl (C=O) groups excluding carboxylic acids is 1. The van der Waals surface area contributed by atoms with Crippen LogP contribution in [0.3, 0.4) is 0 Å². The van der Waals surface area contributed by atoms with Crippen LogP contribution in [0, 0.1) is 18.8 Å². The molecule has 1 aromatic carbocycles. The van der Waals surface area contributed by atoms with E-state index in [-0.39, 0.29) is 12.3 Å². The first-order chi connectivity index (χ1) is 9.23. The zero-order valence-electron chi connectivity index (χ0n) is 11.5. The number of hydrogen-bond acceptors (Lipinski definition) is 4. The van der Waals surface area contributed by atoms with E-state index in [9.17, 15) is 13.2 Å². The maximum absolute atomic E-state index is 12.1. The van der Waals surface area contributed by atoms with E-state index in [1.54, 1.807) is 18.2 Å². The van der Waals surface area contributed by atoms with E-state index in [0.717, 1.165) is 9.87 Å². The van der Waals surface area contributed by atoms with Gasteiger partial charge in [0.05, 0.1) is 5.69 Å². The lowest BCUT2D eigenvalue weighted by atomic mass is 10.1. The minimum atomic E-state index is -3.67. The van der Waals surface area contributed by atoms with Crippen molar-refractivity contribution >= 4 is 21.6 Å². The molecule has 106 valence electrons. The molecule has 1 N–H and O–H groups in total. The molecule has 5 nitrogen and oxygen atoms in total. The number of hydrogen-bond donors (Lipinski definition) is 1. The Bertz CT molecular complexity index is 738. The fourth-order valence-corrected chi connectivity index (χ4v) is 3.39. The number of benzene rings is 1. The highest BCUT2D eigenvalue weighted by atomic mass is 32.2. The molecular weight excluding hydrogens is 278 g/mol. The van der Waals surface area contributed by atoms with E-state index >= 15 is 0 Å². The molecule has 0 spiro atoms. The Kier molecular flexibility index (Phi) is 3.36. The molecule has 0 bridgehead atoms. The van der Waals surface area contributed by atoms with Crippen molar-refractivity contribution in [2.45, 2.75) is 25.5 Å². The molecule has 1 aliphatic rings. The fraction of sp³-hybridized carbons (Fsp3) is 0.357. The van der Waals surface area contributed by atoms with Gasteiger partial charge in [-0.05, 0) is 38.5 Å². The van der Waals surface area contributed by atoms with Crippen LogP contribution in [0.15, 0.2) is 18.2 Å². The van der Waals surface area contributed by atoms with Gasteiger partial charge in [0.1, 0.15) is 6.61 Å². The van der Waals surface area contributed by atoms with E-state index in [1.165, 1.54) is 13.8 Å². The van der Waals surface area contributed by atoms with Crippen molar-refractivity contribution in [3.8, 4) is 11.8 Å². The highest BCUT2D eigenvalue weighted by molar-refractivity contribution is 7.98. The number of carbonyl (C=O) groups is 1. The van der Waals surface area contributed by atoms with E-state index in [0.29, 0.717) is 5.56 Å². The van der Waals surface area contributed by atoms with Crippen molar-refractivity contribution in [3.63, 3.8) is 0 Å². The molecular formula is C14H15NO4S.